The average molecular weight is 411 g/mol. The number of hydrogen-bond donors (Lipinski definition) is 2. The number of imidazole rings is 1. The zero-order valence-corrected chi connectivity index (χ0v) is 17.1. The molecule has 2 rings (SSSR count). The second kappa shape index (κ2) is 10.1. The normalized spacial score (nSPS) is 11.0. The first-order chi connectivity index (χ1) is 13.4. The van der Waals surface area contributed by atoms with Gasteiger partial charge in [0, 0.05) is 39.6 Å². The van der Waals surface area contributed by atoms with E-state index in [-0.39, 0.29) is 36.3 Å². The van der Waals surface area contributed by atoms with Crippen LogP contribution >= 0.6 is 11.8 Å². The van der Waals surface area contributed by atoms with Gasteiger partial charge in [-0.3, -0.25) is 19.1 Å². The molecule has 0 bridgehead atoms. The fourth-order valence-corrected chi connectivity index (χ4v) is 3.42. The fraction of sp³-hybridized carbons (Fsp3) is 0.529. The van der Waals surface area contributed by atoms with E-state index in [4.69, 9.17) is 10.5 Å². The summed E-state index contributed by atoms with van der Waals surface area (Å²) in [6.45, 7) is 2.69. The number of anilines is 2. The lowest BCUT2D eigenvalue weighted by Crippen LogP contribution is -2.43. The van der Waals surface area contributed by atoms with Gasteiger partial charge in [-0.1, -0.05) is 25.1 Å². The summed E-state index contributed by atoms with van der Waals surface area (Å²) in [5.41, 5.74) is 4.83. The molecule has 0 aliphatic carbocycles. The van der Waals surface area contributed by atoms with Gasteiger partial charge in [-0.25, -0.2) is 9.78 Å². The summed E-state index contributed by atoms with van der Waals surface area (Å²) in [6.07, 6.45) is 4.99. The Hall–Kier alpha value is -2.53. The van der Waals surface area contributed by atoms with E-state index in [1.165, 1.54) is 28.3 Å². The number of ether oxygens (including phenoxy) is 1. The molecule has 0 spiro atoms. The Balaban J connectivity index is 2.35. The quantitative estimate of drug-likeness (QED) is 0.543. The molecule has 0 saturated heterocycles. The lowest BCUT2D eigenvalue weighted by Gasteiger charge is -2.24. The number of methoxy groups -OCH3 is 1. The van der Waals surface area contributed by atoms with E-state index in [0.717, 1.165) is 12.8 Å². The van der Waals surface area contributed by atoms with E-state index in [1.807, 2.05) is 14.0 Å². The molecular formula is C17H26N6O4S. The number of aromatic nitrogens is 4. The maximum atomic E-state index is 12.9. The summed E-state index contributed by atoms with van der Waals surface area (Å²) in [4.78, 5) is 45.2. The zero-order chi connectivity index (χ0) is 20.7. The highest BCUT2D eigenvalue weighted by atomic mass is 32.2. The molecule has 3 N–H and O–H groups in total. The number of carbonyl (C=O) groups is 1. The first-order valence-corrected chi connectivity index (χ1v) is 9.91. The number of nitrogens with one attached hydrogen (secondary N) is 1. The van der Waals surface area contributed by atoms with Gasteiger partial charge in [-0.05, 0) is 6.42 Å². The first-order valence-electron chi connectivity index (χ1n) is 8.92. The Morgan fingerprint density at radius 3 is 2.79 bits per heavy atom. The molecule has 0 aliphatic heterocycles. The highest BCUT2D eigenvalue weighted by Gasteiger charge is 2.24. The summed E-state index contributed by atoms with van der Waals surface area (Å²) in [7, 11) is 3.33. The van der Waals surface area contributed by atoms with E-state index >= 15 is 0 Å². The molecule has 2 aromatic heterocycles. The minimum atomic E-state index is -0.693. The molecule has 1 amide bonds. The van der Waals surface area contributed by atoms with Crippen LogP contribution in [-0.4, -0.2) is 51.0 Å². The third-order valence-electron chi connectivity index (χ3n) is 4.14. The number of nitrogen functional groups attached to an aromatic ring is 1. The van der Waals surface area contributed by atoms with Crippen LogP contribution in [0.5, 0.6) is 0 Å². The topological polar surface area (TPSA) is 128 Å². The van der Waals surface area contributed by atoms with Gasteiger partial charge in [0.1, 0.15) is 5.82 Å². The lowest BCUT2D eigenvalue weighted by atomic mass is 10.3. The molecular weight excluding hydrogens is 384 g/mol. The van der Waals surface area contributed by atoms with Crippen LogP contribution in [0.25, 0.3) is 0 Å². The van der Waals surface area contributed by atoms with Crippen LogP contribution in [0.2, 0.25) is 0 Å². The number of thioether (sulfide) groups is 1. The summed E-state index contributed by atoms with van der Waals surface area (Å²) >= 11 is 1.25. The van der Waals surface area contributed by atoms with Crippen molar-refractivity contribution in [3.05, 3.63) is 33.2 Å². The van der Waals surface area contributed by atoms with Crippen molar-refractivity contribution in [2.45, 2.75) is 31.5 Å². The SMILES string of the molecule is CCCCn1c(N)c(N(CCOC)C(=O)CSc2nccn2C)c(=O)[nH]c1=O. The van der Waals surface area contributed by atoms with Crippen LogP contribution < -0.4 is 21.9 Å². The molecule has 0 atom stereocenters. The Labute approximate surface area is 166 Å². The van der Waals surface area contributed by atoms with Crippen LogP contribution in [0.3, 0.4) is 0 Å². The van der Waals surface area contributed by atoms with Crippen molar-refractivity contribution < 1.29 is 9.53 Å². The molecule has 154 valence electrons. The van der Waals surface area contributed by atoms with Crippen LogP contribution in [-0.2, 0) is 23.1 Å². The van der Waals surface area contributed by atoms with Gasteiger partial charge in [0.15, 0.2) is 10.8 Å². The van der Waals surface area contributed by atoms with Crippen molar-refractivity contribution in [3.63, 3.8) is 0 Å². The monoisotopic (exact) mass is 410 g/mol. The fourth-order valence-electron chi connectivity index (χ4n) is 2.62. The maximum absolute atomic E-state index is 12.9. The molecule has 11 heteroatoms. The molecule has 0 saturated carbocycles. The van der Waals surface area contributed by atoms with Crippen LogP contribution in [0.4, 0.5) is 11.5 Å². The number of nitrogens with zero attached hydrogens (tertiary/aromatic N) is 4. The molecule has 0 fully saturated rings. The standard InChI is InChI=1S/C17H26N6O4S/c1-4-5-7-23-14(18)13(15(25)20-16(23)26)22(9-10-27-3)12(24)11-28-17-19-6-8-21(17)2/h6,8H,4-5,7,9-11,18H2,1-3H3,(H,20,25,26). The largest absolute Gasteiger partial charge is 0.383 e. The zero-order valence-electron chi connectivity index (χ0n) is 16.3. The van der Waals surface area contributed by atoms with Gasteiger partial charge in [-0.15, -0.1) is 0 Å². The highest BCUT2D eigenvalue weighted by molar-refractivity contribution is 7.99. The Morgan fingerprint density at radius 1 is 1.43 bits per heavy atom. The number of H-pyrrole nitrogens is 1. The van der Waals surface area contributed by atoms with Crippen molar-refractivity contribution in [1.29, 1.82) is 0 Å². The molecule has 0 radical (unpaired) electrons. The van der Waals surface area contributed by atoms with Gasteiger partial charge < -0.3 is 19.9 Å². The molecule has 10 nitrogen and oxygen atoms in total. The Bertz CT molecular complexity index is 919. The van der Waals surface area contributed by atoms with Crippen LogP contribution in [0.15, 0.2) is 27.1 Å². The van der Waals surface area contributed by atoms with Gasteiger partial charge in [0.05, 0.1) is 12.4 Å². The van der Waals surface area contributed by atoms with Gasteiger partial charge in [0.2, 0.25) is 5.91 Å². The summed E-state index contributed by atoms with van der Waals surface area (Å²) in [5.74, 6) is -0.293. The number of aromatic amines is 1. The van der Waals surface area contributed by atoms with E-state index < -0.39 is 11.2 Å². The highest BCUT2D eigenvalue weighted by Crippen LogP contribution is 2.20. The number of carbonyl (C=O) groups excluding carboxylic acids is 1. The molecule has 0 aromatic carbocycles. The smallest absolute Gasteiger partial charge is 0.330 e. The molecule has 2 aromatic rings. The van der Waals surface area contributed by atoms with Gasteiger partial charge >= 0.3 is 5.69 Å². The van der Waals surface area contributed by atoms with E-state index in [9.17, 15) is 14.4 Å². The first kappa shape index (κ1) is 21.8. The van der Waals surface area contributed by atoms with E-state index in [1.54, 1.807) is 17.0 Å². The molecule has 28 heavy (non-hydrogen) atoms. The molecule has 0 aliphatic rings. The Morgan fingerprint density at radius 2 is 2.18 bits per heavy atom. The van der Waals surface area contributed by atoms with Crippen molar-refractivity contribution in [2.24, 2.45) is 7.05 Å². The predicted molar refractivity (Wildman–Crippen MR) is 109 cm³/mol. The number of nitrogens with two attached hydrogens (primary N) is 1. The minimum absolute atomic E-state index is 0.0198. The van der Waals surface area contributed by atoms with Crippen LogP contribution in [0.1, 0.15) is 19.8 Å². The van der Waals surface area contributed by atoms with Gasteiger partial charge in [0.25, 0.3) is 5.56 Å². The summed E-state index contributed by atoms with van der Waals surface area (Å²) in [6, 6.07) is 0. The summed E-state index contributed by atoms with van der Waals surface area (Å²) in [5, 5.41) is 0.676. The number of unbranched alkanes of at least 4 members (excludes halogenated alkanes) is 1. The number of rotatable bonds is 10. The number of amides is 1. The van der Waals surface area contributed by atoms with Gasteiger partial charge in [-0.2, -0.15) is 0 Å². The van der Waals surface area contributed by atoms with Crippen molar-refractivity contribution in [1.82, 2.24) is 19.1 Å². The third kappa shape index (κ3) is 5.04. The van der Waals surface area contributed by atoms with E-state index in [2.05, 4.69) is 9.97 Å². The second-order valence-corrected chi connectivity index (χ2v) is 7.09. The maximum Gasteiger partial charge on any atom is 0.330 e. The van der Waals surface area contributed by atoms with Crippen molar-refractivity contribution >= 4 is 29.2 Å². The predicted octanol–water partition coefficient (Wildman–Crippen LogP) is 0.424. The minimum Gasteiger partial charge on any atom is -0.383 e. The van der Waals surface area contributed by atoms with E-state index in [0.29, 0.717) is 11.7 Å². The third-order valence-corrected chi connectivity index (χ3v) is 5.18. The number of aryl methyl sites for hydroxylation is 1. The van der Waals surface area contributed by atoms with Crippen molar-refractivity contribution in [2.75, 3.05) is 36.6 Å². The molecule has 2 heterocycles. The second-order valence-electron chi connectivity index (χ2n) is 6.15. The Kier molecular flexibility index (Phi) is 7.88. The molecule has 0 unspecified atom stereocenters. The summed E-state index contributed by atoms with van der Waals surface area (Å²) < 4.78 is 8.16. The average Bonchev–Trinajstić information content (AvgIpc) is 3.07. The van der Waals surface area contributed by atoms with Crippen LogP contribution in [0, 0.1) is 0 Å². The van der Waals surface area contributed by atoms with Crippen molar-refractivity contribution in [3.8, 4) is 0 Å². The lowest BCUT2D eigenvalue weighted by molar-refractivity contribution is -0.116. The number of hydrogen-bond acceptors (Lipinski definition) is 7.